The minimum atomic E-state index is 0.00866. The summed E-state index contributed by atoms with van der Waals surface area (Å²) in [7, 11) is 0. The molecule has 26 heavy (non-hydrogen) atoms. The van der Waals surface area contributed by atoms with Crippen LogP contribution in [0.4, 0.5) is 0 Å². The van der Waals surface area contributed by atoms with Crippen LogP contribution in [0.25, 0.3) is 11.0 Å². The molecule has 132 valence electrons. The Balaban J connectivity index is 1.54. The minimum absolute atomic E-state index is 0.00866. The molecule has 4 aromatic rings. The molecular weight excluding hydrogens is 326 g/mol. The van der Waals surface area contributed by atoms with E-state index >= 15 is 0 Å². The second-order valence-electron chi connectivity index (χ2n) is 7.01. The second kappa shape index (κ2) is 5.85. The van der Waals surface area contributed by atoms with Gasteiger partial charge in [0.25, 0.3) is 0 Å². The van der Waals surface area contributed by atoms with Crippen LogP contribution in [0.5, 0.6) is 0 Å². The van der Waals surface area contributed by atoms with Crippen molar-refractivity contribution in [2.75, 3.05) is 6.54 Å². The maximum absolute atomic E-state index is 6.19. The number of hydrogen-bond acceptors (Lipinski definition) is 4. The molecule has 3 aromatic heterocycles. The van der Waals surface area contributed by atoms with E-state index in [1.165, 1.54) is 22.2 Å². The van der Waals surface area contributed by atoms with Gasteiger partial charge in [-0.2, -0.15) is 0 Å². The zero-order chi connectivity index (χ0) is 17.7. The molecule has 0 bridgehead atoms. The zero-order valence-corrected chi connectivity index (χ0v) is 14.9. The van der Waals surface area contributed by atoms with Gasteiger partial charge in [0.2, 0.25) is 0 Å². The fraction of sp³-hybridized carbons (Fsp3) is 0.300. The number of nitrogens with one attached hydrogen (secondary N) is 2. The van der Waals surface area contributed by atoms with Crippen molar-refractivity contribution >= 4 is 11.0 Å². The minimum Gasteiger partial charge on any atom is -0.459 e. The van der Waals surface area contributed by atoms with E-state index in [4.69, 9.17) is 4.42 Å². The highest BCUT2D eigenvalue weighted by atomic mass is 16.3. The molecule has 0 amide bonds. The number of aryl methyl sites for hydroxylation is 2. The van der Waals surface area contributed by atoms with E-state index in [2.05, 4.69) is 56.9 Å². The Morgan fingerprint density at radius 2 is 2.15 bits per heavy atom. The molecule has 5 rings (SSSR count). The van der Waals surface area contributed by atoms with Crippen LogP contribution in [0.2, 0.25) is 0 Å². The average molecular weight is 347 g/mol. The van der Waals surface area contributed by atoms with Crippen LogP contribution in [0.3, 0.4) is 0 Å². The second-order valence-corrected chi connectivity index (χ2v) is 7.01. The molecule has 0 saturated heterocycles. The summed E-state index contributed by atoms with van der Waals surface area (Å²) in [6, 6.07) is 6.36. The van der Waals surface area contributed by atoms with E-state index in [0.29, 0.717) is 0 Å². The molecule has 0 aliphatic carbocycles. The highest BCUT2D eigenvalue weighted by Crippen LogP contribution is 2.34. The standard InChI is InChI=1S/C20H21N5O/c1-12-3-4-16-14(9-12)13(2)17(26-16)10-25-8-5-15-18(24-11-23-15)19(25)20-21-6-7-22-20/h3-4,6-7,9,11,19H,5,8,10H2,1-2H3,(H,21,22)(H,23,24). The molecule has 1 aliphatic heterocycles. The first-order chi connectivity index (χ1) is 12.7. The van der Waals surface area contributed by atoms with Gasteiger partial charge in [0.15, 0.2) is 0 Å². The Morgan fingerprint density at radius 3 is 3.00 bits per heavy atom. The van der Waals surface area contributed by atoms with Crippen molar-refractivity contribution in [3.8, 4) is 0 Å². The van der Waals surface area contributed by atoms with Crippen molar-refractivity contribution in [3.63, 3.8) is 0 Å². The summed E-state index contributed by atoms with van der Waals surface area (Å²) < 4.78 is 6.19. The first-order valence-corrected chi connectivity index (χ1v) is 8.95. The van der Waals surface area contributed by atoms with E-state index < -0.39 is 0 Å². The predicted molar refractivity (Wildman–Crippen MR) is 98.8 cm³/mol. The first kappa shape index (κ1) is 15.4. The molecule has 1 atom stereocenters. The van der Waals surface area contributed by atoms with Gasteiger partial charge in [0.05, 0.1) is 18.6 Å². The highest BCUT2D eigenvalue weighted by molar-refractivity contribution is 5.82. The molecule has 0 saturated carbocycles. The smallest absolute Gasteiger partial charge is 0.134 e. The Morgan fingerprint density at radius 1 is 1.23 bits per heavy atom. The SMILES string of the molecule is Cc1ccc2oc(CN3CCc4[nH]cnc4C3c3ncc[nH]3)c(C)c2c1. The van der Waals surface area contributed by atoms with Crippen molar-refractivity contribution < 1.29 is 4.42 Å². The van der Waals surface area contributed by atoms with Gasteiger partial charge in [-0.1, -0.05) is 11.6 Å². The Labute approximate surface area is 151 Å². The number of imidazole rings is 2. The Hall–Kier alpha value is -2.86. The summed E-state index contributed by atoms with van der Waals surface area (Å²) in [6.45, 7) is 5.92. The molecule has 0 spiro atoms. The number of benzene rings is 1. The van der Waals surface area contributed by atoms with Gasteiger partial charge in [0.1, 0.15) is 23.2 Å². The Bertz CT molecular complexity index is 1060. The van der Waals surface area contributed by atoms with Gasteiger partial charge in [-0.25, -0.2) is 9.97 Å². The quantitative estimate of drug-likeness (QED) is 0.593. The third kappa shape index (κ3) is 2.37. The number of aromatic amines is 2. The van der Waals surface area contributed by atoms with Gasteiger partial charge in [0, 0.05) is 36.4 Å². The van der Waals surface area contributed by atoms with Gasteiger partial charge < -0.3 is 14.4 Å². The molecule has 6 nitrogen and oxygen atoms in total. The summed E-state index contributed by atoms with van der Waals surface area (Å²) in [6.07, 6.45) is 6.39. The van der Waals surface area contributed by atoms with Crippen LogP contribution in [0, 0.1) is 13.8 Å². The third-order valence-corrected chi connectivity index (χ3v) is 5.34. The van der Waals surface area contributed by atoms with Gasteiger partial charge in [-0.05, 0) is 31.5 Å². The number of fused-ring (bicyclic) bond motifs is 2. The zero-order valence-electron chi connectivity index (χ0n) is 14.9. The van der Waals surface area contributed by atoms with E-state index in [1.807, 2.05) is 6.20 Å². The van der Waals surface area contributed by atoms with Crippen LogP contribution in [-0.2, 0) is 13.0 Å². The maximum Gasteiger partial charge on any atom is 0.134 e. The normalized spacial score (nSPS) is 17.7. The fourth-order valence-corrected chi connectivity index (χ4v) is 3.95. The number of aromatic nitrogens is 4. The molecule has 1 aliphatic rings. The molecule has 1 unspecified atom stereocenters. The van der Waals surface area contributed by atoms with E-state index in [1.54, 1.807) is 12.5 Å². The lowest BCUT2D eigenvalue weighted by Crippen LogP contribution is -2.36. The summed E-state index contributed by atoms with van der Waals surface area (Å²) in [5.74, 6) is 1.93. The lowest BCUT2D eigenvalue weighted by molar-refractivity contribution is 0.180. The average Bonchev–Trinajstić information content (AvgIpc) is 3.37. The fourth-order valence-electron chi connectivity index (χ4n) is 3.95. The summed E-state index contributed by atoms with van der Waals surface area (Å²) in [5, 5.41) is 1.20. The van der Waals surface area contributed by atoms with Crippen molar-refractivity contribution in [2.45, 2.75) is 32.9 Å². The van der Waals surface area contributed by atoms with E-state index in [-0.39, 0.29) is 6.04 Å². The van der Waals surface area contributed by atoms with Crippen LogP contribution in [0.15, 0.2) is 41.3 Å². The third-order valence-electron chi connectivity index (χ3n) is 5.34. The maximum atomic E-state index is 6.19. The molecule has 2 N–H and O–H groups in total. The largest absolute Gasteiger partial charge is 0.459 e. The molecule has 0 radical (unpaired) electrons. The molecule has 6 heteroatoms. The van der Waals surface area contributed by atoms with Gasteiger partial charge in [-0.3, -0.25) is 4.90 Å². The van der Waals surface area contributed by atoms with E-state index in [0.717, 1.165) is 42.4 Å². The van der Waals surface area contributed by atoms with Gasteiger partial charge >= 0.3 is 0 Å². The number of rotatable bonds is 3. The van der Waals surface area contributed by atoms with Crippen LogP contribution < -0.4 is 0 Å². The lowest BCUT2D eigenvalue weighted by Gasteiger charge is -2.33. The number of nitrogens with zero attached hydrogens (tertiary/aromatic N) is 3. The molecular formula is C20H21N5O. The molecule has 4 heterocycles. The summed E-state index contributed by atoms with van der Waals surface area (Å²) in [4.78, 5) is 18.0. The number of furan rings is 1. The Kier molecular flexibility index (Phi) is 3.46. The highest BCUT2D eigenvalue weighted by Gasteiger charge is 2.33. The predicted octanol–water partition coefficient (Wildman–Crippen LogP) is 3.64. The van der Waals surface area contributed by atoms with Crippen molar-refractivity contribution in [2.24, 2.45) is 0 Å². The first-order valence-electron chi connectivity index (χ1n) is 8.95. The topological polar surface area (TPSA) is 73.7 Å². The van der Waals surface area contributed by atoms with Gasteiger partial charge in [-0.15, -0.1) is 0 Å². The van der Waals surface area contributed by atoms with Crippen LogP contribution in [-0.4, -0.2) is 31.4 Å². The van der Waals surface area contributed by atoms with Crippen molar-refractivity contribution in [3.05, 3.63) is 71.0 Å². The number of hydrogen-bond donors (Lipinski definition) is 2. The lowest BCUT2D eigenvalue weighted by atomic mass is 10.0. The van der Waals surface area contributed by atoms with Crippen molar-refractivity contribution in [1.29, 1.82) is 0 Å². The molecule has 1 aromatic carbocycles. The van der Waals surface area contributed by atoms with Crippen molar-refractivity contribution in [1.82, 2.24) is 24.8 Å². The monoisotopic (exact) mass is 347 g/mol. The van der Waals surface area contributed by atoms with Crippen LogP contribution >= 0.6 is 0 Å². The van der Waals surface area contributed by atoms with Crippen LogP contribution in [0.1, 0.15) is 40.1 Å². The van der Waals surface area contributed by atoms with E-state index in [9.17, 15) is 0 Å². The summed E-state index contributed by atoms with van der Waals surface area (Å²) in [5.41, 5.74) is 5.67. The number of H-pyrrole nitrogens is 2. The summed E-state index contributed by atoms with van der Waals surface area (Å²) >= 11 is 0. The molecule has 0 fully saturated rings.